The van der Waals surface area contributed by atoms with Gasteiger partial charge in [0.15, 0.2) is 0 Å². The van der Waals surface area contributed by atoms with E-state index in [9.17, 15) is 4.79 Å². The molecule has 0 heterocycles. The molecule has 90 valence electrons. The second kappa shape index (κ2) is 6.11. The number of methoxy groups -OCH3 is 1. The third kappa shape index (κ3) is 3.49. The van der Waals surface area contributed by atoms with Gasteiger partial charge in [-0.1, -0.05) is 27.7 Å². The molecule has 0 saturated carbocycles. The van der Waals surface area contributed by atoms with Crippen LogP contribution in [0.1, 0.15) is 34.6 Å². The highest BCUT2D eigenvalue weighted by Gasteiger charge is 2.41. The Kier molecular flexibility index (Phi) is 5.88. The maximum atomic E-state index is 11.9. The average molecular weight is 216 g/mol. The Morgan fingerprint density at radius 1 is 1.13 bits per heavy atom. The minimum Gasteiger partial charge on any atom is -0.463 e. The Balaban J connectivity index is 4.44. The summed E-state index contributed by atoms with van der Waals surface area (Å²) >= 11 is 0. The minimum atomic E-state index is -0.409. The molecule has 0 aliphatic carbocycles. The predicted molar refractivity (Wildman–Crippen MR) is 60.6 cm³/mol. The molecule has 3 heteroatoms. The molecule has 0 aliphatic rings. The zero-order valence-corrected chi connectivity index (χ0v) is 10.8. The average Bonchev–Trinajstić information content (AvgIpc) is 2.15. The van der Waals surface area contributed by atoms with Crippen LogP contribution in [-0.4, -0.2) is 26.3 Å². The summed E-state index contributed by atoms with van der Waals surface area (Å²) in [6.07, 6.45) is 0. The van der Waals surface area contributed by atoms with Crippen molar-refractivity contribution in [3.05, 3.63) is 0 Å². The van der Waals surface area contributed by atoms with Crippen LogP contribution >= 0.6 is 0 Å². The van der Waals surface area contributed by atoms with Gasteiger partial charge in [-0.15, -0.1) is 0 Å². The van der Waals surface area contributed by atoms with Gasteiger partial charge in [-0.3, -0.25) is 4.79 Å². The number of rotatable bonds is 6. The maximum absolute atomic E-state index is 11.9. The Hall–Kier alpha value is -0.570. The van der Waals surface area contributed by atoms with Crippen LogP contribution in [-0.2, 0) is 14.3 Å². The van der Waals surface area contributed by atoms with Gasteiger partial charge in [-0.05, 0) is 18.8 Å². The van der Waals surface area contributed by atoms with Crippen molar-refractivity contribution in [1.29, 1.82) is 0 Å². The summed E-state index contributed by atoms with van der Waals surface area (Å²) in [7, 11) is 1.60. The van der Waals surface area contributed by atoms with Crippen molar-refractivity contribution in [2.24, 2.45) is 17.3 Å². The highest BCUT2D eigenvalue weighted by atomic mass is 16.6. The highest BCUT2D eigenvalue weighted by Crippen LogP contribution is 2.36. The van der Waals surface area contributed by atoms with Gasteiger partial charge >= 0.3 is 5.97 Å². The lowest BCUT2D eigenvalue weighted by Crippen LogP contribution is -2.40. The molecular weight excluding hydrogens is 192 g/mol. The lowest BCUT2D eigenvalue weighted by Gasteiger charge is -2.35. The van der Waals surface area contributed by atoms with Crippen molar-refractivity contribution in [2.75, 3.05) is 20.3 Å². The van der Waals surface area contributed by atoms with E-state index in [-0.39, 0.29) is 17.8 Å². The molecule has 0 aromatic rings. The fourth-order valence-corrected chi connectivity index (χ4v) is 1.51. The Bertz CT molecular complexity index is 189. The van der Waals surface area contributed by atoms with Gasteiger partial charge in [0.05, 0.1) is 12.0 Å². The number of hydrogen-bond acceptors (Lipinski definition) is 3. The second-order valence-corrected chi connectivity index (χ2v) is 4.72. The minimum absolute atomic E-state index is 0.121. The first-order chi connectivity index (χ1) is 6.87. The predicted octanol–water partition coefficient (Wildman–Crippen LogP) is 2.49. The van der Waals surface area contributed by atoms with E-state index < -0.39 is 5.41 Å². The molecule has 0 rings (SSSR count). The summed E-state index contributed by atoms with van der Waals surface area (Å²) < 4.78 is 10.1. The quantitative estimate of drug-likeness (QED) is 0.505. The van der Waals surface area contributed by atoms with E-state index in [2.05, 4.69) is 27.7 Å². The first-order valence-electron chi connectivity index (χ1n) is 5.53. The molecule has 0 aromatic carbocycles. The zero-order chi connectivity index (χ0) is 12.1. The van der Waals surface area contributed by atoms with Gasteiger partial charge in [0.25, 0.3) is 0 Å². The lowest BCUT2D eigenvalue weighted by atomic mass is 9.70. The zero-order valence-electron chi connectivity index (χ0n) is 10.8. The van der Waals surface area contributed by atoms with E-state index in [0.29, 0.717) is 13.2 Å². The fraction of sp³-hybridized carbons (Fsp3) is 0.917. The summed E-state index contributed by atoms with van der Waals surface area (Å²) in [5.74, 6) is 0.421. The van der Waals surface area contributed by atoms with E-state index in [1.165, 1.54) is 0 Å². The van der Waals surface area contributed by atoms with Crippen molar-refractivity contribution in [2.45, 2.75) is 34.6 Å². The van der Waals surface area contributed by atoms with Crippen molar-refractivity contribution in [3.63, 3.8) is 0 Å². The number of carbonyl (C=O) groups is 1. The Morgan fingerprint density at radius 2 is 1.60 bits per heavy atom. The number of hydrogen-bond donors (Lipinski definition) is 0. The third-order valence-electron chi connectivity index (χ3n) is 3.36. The van der Waals surface area contributed by atoms with E-state index in [1.54, 1.807) is 7.11 Å². The van der Waals surface area contributed by atoms with Crippen LogP contribution < -0.4 is 0 Å². The van der Waals surface area contributed by atoms with Crippen molar-refractivity contribution in [3.8, 4) is 0 Å². The van der Waals surface area contributed by atoms with Crippen molar-refractivity contribution in [1.82, 2.24) is 0 Å². The molecule has 0 saturated heterocycles. The van der Waals surface area contributed by atoms with Crippen LogP contribution in [0, 0.1) is 17.3 Å². The van der Waals surface area contributed by atoms with Gasteiger partial charge in [-0.25, -0.2) is 0 Å². The number of esters is 1. The molecule has 0 atom stereocenters. The smallest absolute Gasteiger partial charge is 0.312 e. The Morgan fingerprint density at radius 3 is 1.93 bits per heavy atom. The van der Waals surface area contributed by atoms with Gasteiger partial charge in [0.2, 0.25) is 0 Å². The van der Waals surface area contributed by atoms with Crippen molar-refractivity contribution >= 4 is 5.97 Å². The maximum Gasteiger partial charge on any atom is 0.312 e. The molecule has 0 amide bonds. The monoisotopic (exact) mass is 216 g/mol. The van der Waals surface area contributed by atoms with Crippen LogP contribution in [0.2, 0.25) is 0 Å². The van der Waals surface area contributed by atoms with Crippen LogP contribution in [0.5, 0.6) is 0 Å². The normalized spacial score (nSPS) is 12.3. The Labute approximate surface area is 93.1 Å². The largest absolute Gasteiger partial charge is 0.463 e. The van der Waals surface area contributed by atoms with Crippen LogP contribution in [0.15, 0.2) is 0 Å². The van der Waals surface area contributed by atoms with Gasteiger partial charge in [-0.2, -0.15) is 0 Å². The molecule has 15 heavy (non-hydrogen) atoms. The lowest BCUT2D eigenvalue weighted by molar-refractivity contribution is -0.162. The van der Waals surface area contributed by atoms with E-state index in [4.69, 9.17) is 9.47 Å². The molecule has 0 aliphatic heterocycles. The number of ether oxygens (including phenoxy) is 2. The van der Waals surface area contributed by atoms with Gasteiger partial charge in [0.1, 0.15) is 6.61 Å². The molecule has 0 spiro atoms. The summed E-state index contributed by atoms with van der Waals surface area (Å²) in [5.41, 5.74) is -0.409. The molecular formula is C12H24O3. The summed E-state index contributed by atoms with van der Waals surface area (Å²) in [6, 6.07) is 0. The van der Waals surface area contributed by atoms with Crippen LogP contribution in [0.4, 0.5) is 0 Å². The molecule has 3 nitrogen and oxygen atoms in total. The molecule has 0 bridgehead atoms. The standard InChI is InChI=1S/C12H24O3/c1-9(2)12(5,10(3)4)11(13)15-8-7-14-6/h9-10H,7-8H2,1-6H3. The summed E-state index contributed by atoms with van der Waals surface area (Å²) in [6.45, 7) is 11.0. The SMILES string of the molecule is COCCOC(=O)C(C)(C(C)C)C(C)C. The van der Waals surface area contributed by atoms with E-state index in [1.807, 2.05) is 6.92 Å². The fourth-order valence-electron chi connectivity index (χ4n) is 1.51. The van der Waals surface area contributed by atoms with E-state index in [0.717, 1.165) is 0 Å². The first kappa shape index (κ1) is 14.4. The molecule has 0 fully saturated rings. The second-order valence-electron chi connectivity index (χ2n) is 4.72. The third-order valence-corrected chi connectivity index (χ3v) is 3.36. The van der Waals surface area contributed by atoms with Crippen molar-refractivity contribution < 1.29 is 14.3 Å². The summed E-state index contributed by atoms with van der Waals surface area (Å²) in [5, 5.41) is 0. The first-order valence-corrected chi connectivity index (χ1v) is 5.53. The molecule has 0 unspecified atom stereocenters. The van der Waals surface area contributed by atoms with Gasteiger partial charge in [0, 0.05) is 7.11 Å². The van der Waals surface area contributed by atoms with Crippen LogP contribution in [0.3, 0.4) is 0 Å². The van der Waals surface area contributed by atoms with E-state index >= 15 is 0 Å². The molecule has 0 radical (unpaired) electrons. The molecule has 0 N–H and O–H groups in total. The number of carbonyl (C=O) groups excluding carboxylic acids is 1. The van der Waals surface area contributed by atoms with Gasteiger partial charge < -0.3 is 9.47 Å². The van der Waals surface area contributed by atoms with Crippen LogP contribution in [0.25, 0.3) is 0 Å². The highest BCUT2D eigenvalue weighted by molar-refractivity contribution is 5.77. The molecule has 0 aromatic heterocycles. The summed E-state index contributed by atoms with van der Waals surface area (Å²) in [4.78, 5) is 11.9. The topological polar surface area (TPSA) is 35.5 Å².